The average molecular weight is 749 g/mol. The van der Waals surface area contributed by atoms with Crippen molar-refractivity contribution in [1.82, 2.24) is 24.9 Å². The lowest BCUT2D eigenvalue weighted by molar-refractivity contribution is -0.152. The third-order valence-electron chi connectivity index (χ3n) is 7.64. The Hall–Kier alpha value is -5.04. The fraction of sp³-hybridized carbons (Fsp3) is 0.400. The number of halogens is 5. The highest BCUT2D eigenvalue weighted by atomic mass is 19.4. The largest absolute Gasteiger partial charge is 0.494 e. The molecule has 0 saturated carbocycles. The first-order valence-electron chi connectivity index (χ1n) is 16.6. The number of hydrogen-bond acceptors (Lipinski definition) is 12. The molecule has 53 heavy (non-hydrogen) atoms. The second kappa shape index (κ2) is 18.6. The number of carbonyl (C=O) groups is 1. The van der Waals surface area contributed by atoms with Gasteiger partial charge in [0.25, 0.3) is 0 Å². The van der Waals surface area contributed by atoms with Gasteiger partial charge in [0.15, 0.2) is 23.5 Å². The molecule has 2 aromatic carbocycles. The van der Waals surface area contributed by atoms with E-state index < -0.39 is 35.4 Å². The fourth-order valence-electron chi connectivity index (χ4n) is 5.15. The first-order chi connectivity index (χ1) is 25.6. The second-order valence-corrected chi connectivity index (χ2v) is 11.4. The van der Waals surface area contributed by atoms with Gasteiger partial charge in [0.1, 0.15) is 18.2 Å². The molecule has 284 valence electrons. The molecule has 4 aromatic rings. The number of rotatable bonds is 19. The van der Waals surface area contributed by atoms with E-state index in [1.165, 1.54) is 47.9 Å². The smallest absolute Gasteiger partial charge is 0.417 e. The van der Waals surface area contributed by atoms with Gasteiger partial charge >= 0.3 is 12.1 Å². The van der Waals surface area contributed by atoms with Crippen LogP contribution in [0.4, 0.5) is 22.0 Å². The number of esters is 1. The van der Waals surface area contributed by atoms with Crippen LogP contribution < -0.4 is 4.74 Å². The van der Waals surface area contributed by atoms with Crippen LogP contribution in [0.25, 0.3) is 22.8 Å². The van der Waals surface area contributed by atoms with Crippen LogP contribution in [0.5, 0.6) is 5.75 Å². The predicted octanol–water partition coefficient (Wildman–Crippen LogP) is 5.10. The number of fused-ring (bicyclic) bond motifs is 1. The van der Waals surface area contributed by atoms with E-state index in [4.69, 9.17) is 28.8 Å². The van der Waals surface area contributed by atoms with Gasteiger partial charge in [-0.1, -0.05) is 13.0 Å². The lowest BCUT2D eigenvalue weighted by Crippen LogP contribution is -2.34. The number of hydrogen-bond donors (Lipinski definition) is 2. The monoisotopic (exact) mass is 748 g/mol. The average Bonchev–Trinajstić information content (AvgIpc) is 3.57. The van der Waals surface area contributed by atoms with E-state index in [9.17, 15) is 26.7 Å². The van der Waals surface area contributed by atoms with Crippen molar-refractivity contribution in [3.8, 4) is 28.5 Å². The molecular formula is C35H37F5N6O7. The topological polar surface area (TPSA) is 154 Å². The molecule has 3 heterocycles. The van der Waals surface area contributed by atoms with Crippen LogP contribution in [0, 0.1) is 11.6 Å². The van der Waals surface area contributed by atoms with Crippen molar-refractivity contribution in [1.29, 1.82) is 0 Å². The number of aromatic nitrogens is 4. The van der Waals surface area contributed by atoms with Gasteiger partial charge in [0, 0.05) is 23.5 Å². The maximum atomic E-state index is 14.5. The van der Waals surface area contributed by atoms with Crippen LogP contribution in [-0.4, -0.2) is 102 Å². The number of nitrogens with one attached hydrogen (secondary N) is 1. The summed E-state index contributed by atoms with van der Waals surface area (Å²) >= 11 is 0. The molecule has 5 rings (SSSR count). The van der Waals surface area contributed by atoms with Gasteiger partial charge in [-0.25, -0.2) is 28.5 Å². The highest BCUT2D eigenvalue weighted by molar-refractivity contribution is 5.82. The summed E-state index contributed by atoms with van der Waals surface area (Å²) in [5.41, 5.74) is -0.518. The summed E-state index contributed by atoms with van der Waals surface area (Å²) < 4.78 is 97.5. The minimum atomic E-state index is -4.74. The lowest BCUT2D eigenvalue weighted by atomic mass is 10.0. The number of imidazole rings is 1. The molecule has 0 aliphatic carbocycles. The second-order valence-electron chi connectivity index (χ2n) is 11.4. The molecule has 1 atom stereocenters. The summed E-state index contributed by atoms with van der Waals surface area (Å²) in [5, 5.41) is 14.4. The van der Waals surface area contributed by atoms with E-state index in [2.05, 4.69) is 25.0 Å². The zero-order valence-corrected chi connectivity index (χ0v) is 28.6. The maximum absolute atomic E-state index is 14.5. The fourth-order valence-corrected chi connectivity index (χ4v) is 5.15. The van der Waals surface area contributed by atoms with Gasteiger partial charge in [-0.2, -0.15) is 18.3 Å². The lowest BCUT2D eigenvalue weighted by Gasteiger charge is -2.29. The van der Waals surface area contributed by atoms with Gasteiger partial charge in [-0.05, 0) is 36.8 Å². The molecule has 0 bridgehead atoms. The van der Waals surface area contributed by atoms with Crippen molar-refractivity contribution in [2.75, 3.05) is 59.5 Å². The summed E-state index contributed by atoms with van der Waals surface area (Å²) in [5.74, 6) is -3.11. The summed E-state index contributed by atoms with van der Waals surface area (Å²) in [6, 6.07) is 5.88. The number of benzene rings is 2. The minimum Gasteiger partial charge on any atom is -0.494 e. The van der Waals surface area contributed by atoms with Crippen molar-refractivity contribution >= 4 is 12.2 Å². The van der Waals surface area contributed by atoms with Gasteiger partial charge in [-0.15, -0.1) is 0 Å². The maximum Gasteiger partial charge on any atom is 0.417 e. The van der Waals surface area contributed by atoms with E-state index >= 15 is 0 Å². The Morgan fingerprint density at radius 3 is 2.32 bits per heavy atom. The molecule has 0 fully saturated rings. The molecule has 13 nitrogen and oxygen atoms in total. The van der Waals surface area contributed by atoms with Crippen molar-refractivity contribution in [2.45, 2.75) is 32.1 Å². The third-order valence-corrected chi connectivity index (χ3v) is 7.64. The Morgan fingerprint density at radius 1 is 0.943 bits per heavy atom. The molecule has 0 radical (unpaired) electrons. The summed E-state index contributed by atoms with van der Waals surface area (Å²) in [4.78, 5) is 29.3. The van der Waals surface area contributed by atoms with Crippen LogP contribution in [0.1, 0.15) is 41.9 Å². The van der Waals surface area contributed by atoms with Gasteiger partial charge in [-0.3, -0.25) is 5.01 Å². The third kappa shape index (κ3) is 10.3. The highest BCUT2D eigenvalue weighted by Crippen LogP contribution is 2.38. The van der Waals surface area contributed by atoms with Gasteiger partial charge in [0.05, 0.1) is 88.1 Å². The molecule has 2 aromatic heterocycles. The quantitative estimate of drug-likeness (QED) is 0.0749. The zero-order chi connectivity index (χ0) is 37.8. The van der Waals surface area contributed by atoms with Crippen LogP contribution in [0.3, 0.4) is 0 Å². The van der Waals surface area contributed by atoms with Crippen LogP contribution in [0.2, 0.25) is 0 Å². The number of aliphatic hydroxyl groups excluding tert-OH is 1. The summed E-state index contributed by atoms with van der Waals surface area (Å²) in [6.07, 6.45) is -0.376. The van der Waals surface area contributed by atoms with Gasteiger partial charge < -0.3 is 33.8 Å². The van der Waals surface area contributed by atoms with Gasteiger partial charge in [0.2, 0.25) is 0 Å². The van der Waals surface area contributed by atoms with Crippen molar-refractivity contribution in [3.63, 3.8) is 0 Å². The van der Waals surface area contributed by atoms with Crippen LogP contribution in [-0.2, 0) is 36.5 Å². The first-order valence-corrected chi connectivity index (χ1v) is 16.6. The van der Waals surface area contributed by atoms with Crippen molar-refractivity contribution < 1.29 is 55.5 Å². The molecule has 0 saturated heterocycles. The number of aromatic amines is 1. The number of hydrazone groups is 1. The molecule has 0 spiro atoms. The van der Waals surface area contributed by atoms with Crippen LogP contribution >= 0.6 is 0 Å². The Balaban J connectivity index is 1.33. The van der Waals surface area contributed by atoms with E-state index in [0.29, 0.717) is 31.0 Å². The van der Waals surface area contributed by atoms with E-state index in [1.807, 2.05) is 6.92 Å². The molecular weight excluding hydrogens is 711 g/mol. The van der Waals surface area contributed by atoms with Crippen molar-refractivity contribution in [2.24, 2.45) is 5.10 Å². The summed E-state index contributed by atoms with van der Waals surface area (Å²) in [7, 11) is 0. The first kappa shape index (κ1) is 39.2. The van der Waals surface area contributed by atoms with Crippen molar-refractivity contribution in [3.05, 3.63) is 82.9 Å². The molecule has 1 unspecified atom stereocenters. The Morgan fingerprint density at radius 2 is 1.64 bits per heavy atom. The number of ether oxygens (including phenoxy) is 5. The predicted molar refractivity (Wildman–Crippen MR) is 179 cm³/mol. The Kier molecular flexibility index (Phi) is 13.8. The standard InChI is InChI=1S/C35H37F5N6O7/c1-2-9-52-23-6-7-24(26(17-23)35(38,39)40)32-41-18-22(19-42-32)31(34(48)53-16-15-51-14-13-50-12-11-49-10-8-47)46-21-29-28(20-43-46)44-33(45-29)25-4-3-5-27(36)30(25)37/h3-7,17-20,31,47H,2,8-16,21H2,1H3,(H,44,45). The Bertz CT molecular complexity index is 1840. The molecule has 2 N–H and O–H groups in total. The molecule has 18 heteroatoms. The molecule has 1 aliphatic heterocycles. The number of aliphatic hydroxyl groups is 1. The Labute approximate surface area is 300 Å². The normalized spacial score (nSPS) is 13.2. The van der Waals surface area contributed by atoms with E-state index in [-0.39, 0.29) is 86.9 Å². The number of nitrogens with zero attached hydrogens (tertiary/aromatic N) is 5. The molecule has 0 amide bonds. The zero-order valence-electron chi connectivity index (χ0n) is 28.6. The number of carbonyl (C=O) groups excluding carboxylic acids is 1. The highest BCUT2D eigenvalue weighted by Gasteiger charge is 2.36. The minimum absolute atomic E-state index is 0.0196. The molecule has 1 aliphatic rings. The SMILES string of the molecule is CCCOc1ccc(-c2ncc(C(C(=O)OCCOCCOCCOCCO)N3Cc4nc(-c5cccc(F)c5F)[nH]c4C=N3)cn2)c(C(F)(F)F)c1. The number of alkyl halides is 3. The summed E-state index contributed by atoms with van der Waals surface area (Å²) in [6.45, 7) is 3.04. The van der Waals surface area contributed by atoms with E-state index in [0.717, 1.165) is 12.1 Å². The number of H-pyrrole nitrogens is 1. The van der Waals surface area contributed by atoms with Crippen LogP contribution in [0.15, 0.2) is 53.9 Å². The van der Waals surface area contributed by atoms with E-state index in [1.54, 1.807) is 0 Å².